The Balaban J connectivity index is 3.06. The molecule has 0 aliphatic carbocycles. The third kappa shape index (κ3) is 2.39. The first kappa shape index (κ1) is 9.43. The molecule has 0 bridgehead atoms. The van der Waals surface area contributed by atoms with E-state index in [1.807, 2.05) is 6.07 Å². The van der Waals surface area contributed by atoms with Crippen LogP contribution in [-0.2, 0) is 0 Å². The topological polar surface area (TPSA) is 44.0 Å². The van der Waals surface area contributed by atoms with Crippen molar-refractivity contribution < 1.29 is 9.50 Å². The average molecular weight is 177 g/mol. The van der Waals surface area contributed by atoms with Gasteiger partial charge < -0.3 is 5.11 Å². The van der Waals surface area contributed by atoms with E-state index in [2.05, 4.69) is 0 Å². The van der Waals surface area contributed by atoms with Gasteiger partial charge in [-0.05, 0) is 18.2 Å². The van der Waals surface area contributed by atoms with Gasteiger partial charge in [0.1, 0.15) is 5.82 Å². The molecule has 1 N–H and O–H groups in total. The third-order valence-electron chi connectivity index (χ3n) is 1.53. The first-order valence-corrected chi connectivity index (χ1v) is 3.75. The molecular formula is C10H8FNO. The van der Waals surface area contributed by atoms with Crippen LogP contribution >= 0.6 is 0 Å². The van der Waals surface area contributed by atoms with Crippen molar-refractivity contribution in [2.75, 3.05) is 6.61 Å². The molecule has 0 unspecified atom stereocenters. The summed E-state index contributed by atoms with van der Waals surface area (Å²) in [5.41, 5.74) is 0.715. The first-order chi connectivity index (χ1) is 6.27. The molecule has 3 heteroatoms. The maximum absolute atomic E-state index is 13.0. The van der Waals surface area contributed by atoms with Crippen LogP contribution in [0.3, 0.4) is 0 Å². The lowest BCUT2D eigenvalue weighted by molar-refractivity contribution is 0.343. The fourth-order valence-electron chi connectivity index (χ4n) is 0.921. The molecule has 0 saturated carbocycles. The largest absolute Gasteiger partial charge is 0.392 e. The monoisotopic (exact) mass is 177 g/mol. The van der Waals surface area contributed by atoms with E-state index in [1.165, 1.54) is 30.4 Å². The number of halogens is 1. The van der Waals surface area contributed by atoms with Crippen molar-refractivity contribution in [1.82, 2.24) is 0 Å². The number of benzene rings is 1. The summed E-state index contributed by atoms with van der Waals surface area (Å²) >= 11 is 0. The quantitative estimate of drug-likeness (QED) is 0.747. The standard InChI is InChI=1S/C10H8FNO/c11-10-4-3-8(7-12)6-9(10)2-1-5-13/h1-4,6,13H,5H2. The highest BCUT2D eigenvalue weighted by molar-refractivity contribution is 5.53. The van der Waals surface area contributed by atoms with Gasteiger partial charge in [0.2, 0.25) is 0 Å². The maximum Gasteiger partial charge on any atom is 0.130 e. The number of nitriles is 1. The summed E-state index contributed by atoms with van der Waals surface area (Å²) in [4.78, 5) is 0. The molecule has 13 heavy (non-hydrogen) atoms. The van der Waals surface area contributed by atoms with E-state index in [0.717, 1.165) is 0 Å². The van der Waals surface area contributed by atoms with Crippen molar-refractivity contribution >= 4 is 6.08 Å². The van der Waals surface area contributed by atoms with Gasteiger partial charge in [-0.3, -0.25) is 0 Å². The number of hydrogen-bond donors (Lipinski definition) is 1. The molecule has 0 fully saturated rings. The van der Waals surface area contributed by atoms with E-state index in [4.69, 9.17) is 10.4 Å². The van der Waals surface area contributed by atoms with Crippen molar-refractivity contribution in [3.05, 3.63) is 41.2 Å². The van der Waals surface area contributed by atoms with Crippen molar-refractivity contribution in [3.63, 3.8) is 0 Å². The van der Waals surface area contributed by atoms with Crippen molar-refractivity contribution in [1.29, 1.82) is 5.26 Å². The van der Waals surface area contributed by atoms with Crippen LogP contribution in [0.25, 0.3) is 6.08 Å². The van der Waals surface area contributed by atoms with Gasteiger partial charge in [-0.25, -0.2) is 4.39 Å². The van der Waals surface area contributed by atoms with E-state index in [1.54, 1.807) is 0 Å². The second kappa shape index (κ2) is 4.39. The second-order valence-electron chi connectivity index (χ2n) is 2.43. The molecule has 1 aromatic rings. The van der Waals surface area contributed by atoms with Crippen molar-refractivity contribution in [2.45, 2.75) is 0 Å². The predicted molar refractivity (Wildman–Crippen MR) is 47.2 cm³/mol. The Morgan fingerprint density at radius 2 is 2.31 bits per heavy atom. The number of hydrogen-bond acceptors (Lipinski definition) is 2. The van der Waals surface area contributed by atoms with Crippen LogP contribution in [0.1, 0.15) is 11.1 Å². The zero-order valence-corrected chi connectivity index (χ0v) is 6.87. The molecule has 0 radical (unpaired) electrons. The summed E-state index contributed by atoms with van der Waals surface area (Å²) < 4.78 is 13.0. The van der Waals surface area contributed by atoms with Gasteiger partial charge in [-0.15, -0.1) is 0 Å². The summed E-state index contributed by atoms with van der Waals surface area (Å²) in [5, 5.41) is 17.0. The van der Waals surface area contributed by atoms with Crippen LogP contribution in [0.2, 0.25) is 0 Å². The van der Waals surface area contributed by atoms with Gasteiger partial charge in [0, 0.05) is 5.56 Å². The minimum Gasteiger partial charge on any atom is -0.392 e. The van der Waals surface area contributed by atoms with Crippen molar-refractivity contribution in [3.8, 4) is 6.07 Å². The second-order valence-corrected chi connectivity index (χ2v) is 2.43. The number of aliphatic hydroxyl groups is 1. The molecule has 1 aromatic carbocycles. The Labute approximate surface area is 75.6 Å². The normalized spacial score (nSPS) is 10.2. The molecule has 0 aromatic heterocycles. The zero-order valence-electron chi connectivity index (χ0n) is 6.87. The van der Waals surface area contributed by atoms with Crippen LogP contribution in [-0.4, -0.2) is 11.7 Å². The minimum atomic E-state index is -0.399. The maximum atomic E-state index is 13.0. The molecule has 0 aliphatic heterocycles. The summed E-state index contributed by atoms with van der Waals surface area (Å²) in [6.07, 6.45) is 2.86. The summed E-state index contributed by atoms with van der Waals surface area (Å²) in [6, 6.07) is 5.98. The lowest BCUT2D eigenvalue weighted by atomic mass is 10.1. The molecule has 2 nitrogen and oxygen atoms in total. The Bertz CT molecular complexity index is 366. The van der Waals surface area contributed by atoms with Gasteiger partial charge in [-0.1, -0.05) is 12.2 Å². The SMILES string of the molecule is N#Cc1ccc(F)c(C=CCO)c1. The number of rotatable bonds is 2. The lowest BCUT2D eigenvalue weighted by Gasteiger charge is -1.96. The Morgan fingerprint density at radius 1 is 1.54 bits per heavy atom. The van der Waals surface area contributed by atoms with Gasteiger partial charge in [0.05, 0.1) is 18.2 Å². The van der Waals surface area contributed by atoms with E-state index < -0.39 is 5.82 Å². The summed E-state index contributed by atoms with van der Waals surface area (Å²) in [5.74, 6) is -0.399. The minimum absolute atomic E-state index is 0.143. The van der Waals surface area contributed by atoms with Crippen LogP contribution in [0.15, 0.2) is 24.3 Å². The van der Waals surface area contributed by atoms with Crippen LogP contribution in [0.4, 0.5) is 4.39 Å². The molecule has 0 amide bonds. The third-order valence-corrected chi connectivity index (χ3v) is 1.53. The summed E-state index contributed by atoms with van der Waals surface area (Å²) in [7, 11) is 0. The number of nitrogens with zero attached hydrogens (tertiary/aromatic N) is 1. The van der Waals surface area contributed by atoms with Crippen LogP contribution < -0.4 is 0 Å². The molecular weight excluding hydrogens is 169 g/mol. The van der Waals surface area contributed by atoms with E-state index in [9.17, 15) is 4.39 Å². The van der Waals surface area contributed by atoms with Gasteiger partial charge >= 0.3 is 0 Å². The predicted octanol–water partition coefficient (Wildman–Crippen LogP) is 1.70. The molecule has 66 valence electrons. The zero-order chi connectivity index (χ0) is 9.68. The highest BCUT2D eigenvalue weighted by atomic mass is 19.1. The van der Waals surface area contributed by atoms with Gasteiger partial charge in [-0.2, -0.15) is 5.26 Å². The Hall–Kier alpha value is -1.66. The summed E-state index contributed by atoms with van der Waals surface area (Å²) in [6.45, 7) is -0.143. The first-order valence-electron chi connectivity index (χ1n) is 3.75. The fourth-order valence-corrected chi connectivity index (χ4v) is 0.921. The van der Waals surface area contributed by atoms with Gasteiger partial charge in [0.25, 0.3) is 0 Å². The van der Waals surface area contributed by atoms with Crippen LogP contribution in [0.5, 0.6) is 0 Å². The molecule has 0 spiro atoms. The molecule has 0 heterocycles. The van der Waals surface area contributed by atoms with E-state index >= 15 is 0 Å². The fraction of sp³-hybridized carbons (Fsp3) is 0.100. The Morgan fingerprint density at radius 3 is 2.92 bits per heavy atom. The molecule has 1 rings (SSSR count). The van der Waals surface area contributed by atoms with E-state index in [0.29, 0.717) is 11.1 Å². The molecule has 0 aliphatic rings. The highest BCUT2D eigenvalue weighted by Crippen LogP contribution is 2.11. The van der Waals surface area contributed by atoms with E-state index in [-0.39, 0.29) is 6.61 Å². The lowest BCUT2D eigenvalue weighted by Crippen LogP contribution is -1.84. The Kier molecular flexibility index (Phi) is 3.18. The van der Waals surface area contributed by atoms with Gasteiger partial charge in [0.15, 0.2) is 0 Å². The number of aliphatic hydroxyl groups excluding tert-OH is 1. The average Bonchev–Trinajstić information content (AvgIpc) is 2.17. The van der Waals surface area contributed by atoms with Crippen molar-refractivity contribution in [2.24, 2.45) is 0 Å². The molecule has 0 atom stereocenters. The highest BCUT2D eigenvalue weighted by Gasteiger charge is 1.98. The van der Waals surface area contributed by atoms with Crippen LogP contribution in [0, 0.1) is 17.1 Å². The molecule has 0 saturated heterocycles. The smallest absolute Gasteiger partial charge is 0.130 e.